The molecule has 1 aromatic carbocycles. The molecule has 0 aliphatic rings. The predicted octanol–water partition coefficient (Wildman–Crippen LogP) is 2.72. The van der Waals surface area contributed by atoms with Crippen LogP contribution in [0.2, 0.25) is 0 Å². The van der Waals surface area contributed by atoms with Crippen LogP contribution in [0.5, 0.6) is 0 Å². The number of esters is 1. The fourth-order valence-corrected chi connectivity index (χ4v) is 3.66. The summed E-state index contributed by atoms with van der Waals surface area (Å²) in [5.74, 6) is -0.468. The normalized spacial score (nSPS) is 11.5. The van der Waals surface area contributed by atoms with Crippen molar-refractivity contribution in [3.63, 3.8) is 0 Å². The van der Waals surface area contributed by atoms with E-state index < -0.39 is 15.8 Å². The third kappa shape index (κ3) is 3.72. The quantitative estimate of drug-likeness (QED) is 0.657. The van der Waals surface area contributed by atoms with Crippen molar-refractivity contribution in [1.29, 1.82) is 0 Å². The molecular formula is C19H18N2O4S. The summed E-state index contributed by atoms with van der Waals surface area (Å²) < 4.78 is 29.2. The highest BCUT2D eigenvalue weighted by Gasteiger charge is 2.18. The van der Waals surface area contributed by atoms with Gasteiger partial charge in [-0.2, -0.15) is 0 Å². The second-order valence-corrected chi connectivity index (χ2v) is 8.06. The number of sulfone groups is 1. The Hall–Kier alpha value is -2.80. The number of methoxy groups -OCH3 is 1. The van der Waals surface area contributed by atoms with E-state index in [0.717, 1.165) is 17.2 Å². The minimum Gasteiger partial charge on any atom is -0.465 e. The molecule has 0 amide bonds. The lowest BCUT2D eigenvalue weighted by Gasteiger charge is -2.10. The smallest absolute Gasteiger partial charge is 0.337 e. The molecule has 0 spiro atoms. The molecule has 0 atom stereocenters. The molecule has 0 aliphatic carbocycles. The molecule has 0 bridgehead atoms. The van der Waals surface area contributed by atoms with Gasteiger partial charge in [-0.15, -0.1) is 0 Å². The van der Waals surface area contributed by atoms with Crippen LogP contribution in [0.1, 0.15) is 27.2 Å². The Bertz CT molecular complexity index is 1110. The van der Waals surface area contributed by atoms with Gasteiger partial charge >= 0.3 is 5.97 Å². The molecule has 0 radical (unpaired) electrons. The van der Waals surface area contributed by atoms with E-state index in [2.05, 4.69) is 9.97 Å². The predicted molar refractivity (Wildman–Crippen MR) is 98.0 cm³/mol. The number of carbonyl (C=O) groups is 1. The van der Waals surface area contributed by atoms with E-state index >= 15 is 0 Å². The Morgan fingerprint density at radius 3 is 2.62 bits per heavy atom. The van der Waals surface area contributed by atoms with E-state index in [-0.39, 0.29) is 11.4 Å². The van der Waals surface area contributed by atoms with Gasteiger partial charge < -0.3 is 4.74 Å². The molecule has 0 aliphatic heterocycles. The number of ether oxygens (including phenoxy) is 1. The first-order valence-corrected chi connectivity index (χ1v) is 9.80. The first-order chi connectivity index (χ1) is 12.3. The summed E-state index contributed by atoms with van der Waals surface area (Å²) >= 11 is 0. The third-order valence-corrected chi connectivity index (χ3v) is 5.03. The average molecular weight is 370 g/mol. The summed E-state index contributed by atoms with van der Waals surface area (Å²) in [6.07, 6.45) is 2.88. The zero-order chi connectivity index (χ0) is 18.9. The van der Waals surface area contributed by atoms with Gasteiger partial charge in [0.1, 0.15) is 0 Å². The standard InChI is InChI=1S/C19H18N2O4S/c1-12-4-5-17-14(8-12)9-15(18(21-17)26(3,23)24)11-16-10-13(6-7-20-16)19(22)25-2/h4-10H,11H2,1-3H3. The number of rotatable bonds is 4. The van der Waals surface area contributed by atoms with E-state index in [9.17, 15) is 13.2 Å². The lowest BCUT2D eigenvalue weighted by Crippen LogP contribution is -2.08. The largest absolute Gasteiger partial charge is 0.465 e. The first-order valence-electron chi connectivity index (χ1n) is 7.91. The molecular weight excluding hydrogens is 352 g/mol. The van der Waals surface area contributed by atoms with Crippen molar-refractivity contribution in [2.45, 2.75) is 18.4 Å². The van der Waals surface area contributed by atoms with Crippen LogP contribution < -0.4 is 0 Å². The molecule has 134 valence electrons. The molecule has 26 heavy (non-hydrogen) atoms. The van der Waals surface area contributed by atoms with E-state index in [1.165, 1.54) is 13.3 Å². The maximum Gasteiger partial charge on any atom is 0.337 e. The van der Waals surface area contributed by atoms with Crippen LogP contribution in [0.3, 0.4) is 0 Å². The Labute approximate surface area is 151 Å². The monoisotopic (exact) mass is 370 g/mol. The fourth-order valence-electron chi connectivity index (χ4n) is 2.78. The van der Waals surface area contributed by atoms with Crippen LogP contribution in [-0.4, -0.2) is 37.7 Å². The van der Waals surface area contributed by atoms with Crippen LogP contribution in [0.25, 0.3) is 10.9 Å². The van der Waals surface area contributed by atoms with Crippen LogP contribution in [0.4, 0.5) is 0 Å². The summed E-state index contributed by atoms with van der Waals surface area (Å²) in [7, 11) is -2.21. The molecule has 2 aromatic heterocycles. The SMILES string of the molecule is COC(=O)c1ccnc(Cc2cc3cc(C)ccc3nc2S(C)(=O)=O)c1. The van der Waals surface area contributed by atoms with Crippen LogP contribution in [0.15, 0.2) is 47.6 Å². The minimum absolute atomic E-state index is 0.0270. The van der Waals surface area contributed by atoms with E-state index in [0.29, 0.717) is 22.3 Å². The van der Waals surface area contributed by atoms with Gasteiger partial charge in [0.05, 0.1) is 18.2 Å². The molecule has 3 rings (SSSR count). The summed E-state index contributed by atoms with van der Waals surface area (Å²) in [5, 5.41) is 0.885. The van der Waals surface area contributed by atoms with E-state index in [1.807, 2.05) is 25.1 Å². The van der Waals surface area contributed by atoms with Gasteiger partial charge in [0, 0.05) is 30.0 Å². The highest BCUT2D eigenvalue weighted by atomic mass is 32.2. The molecule has 6 nitrogen and oxygen atoms in total. The lowest BCUT2D eigenvalue weighted by molar-refractivity contribution is 0.0600. The molecule has 0 fully saturated rings. The average Bonchev–Trinajstić information content (AvgIpc) is 2.59. The first kappa shape index (κ1) is 18.0. The molecule has 7 heteroatoms. The van der Waals surface area contributed by atoms with Gasteiger partial charge in [0.25, 0.3) is 0 Å². The van der Waals surface area contributed by atoms with Crippen molar-refractivity contribution in [2.75, 3.05) is 13.4 Å². The summed E-state index contributed by atoms with van der Waals surface area (Å²) in [5.41, 5.74) is 3.15. The van der Waals surface area contributed by atoms with Gasteiger partial charge in [-0.1, -0.05) is 11.6 Å². The topological polar surface area (TPSA) is 86.2 Å². The number of aryl methyl sites for hydroxylation is 1. The Morgan fingerprint density at radius 2 is 1.92 bits per heavy atom. The molecule has 0 N–H and O–H groups in total. The molecule has 0 saturated heterocycles. The van der Waals surface area contributed by atoms with E-state index in [1.54, 1.807) is 18.2 Å². The van der Waals surface area contributed by atoms with Crippen LogP contribution in [0, 0.1) is 6.92 Å². The number of pyridine rings is 2. The Balaban J connectivity index is 2.13. The highest BCUT2D eigenvalue weighted by molar-refractivity contribution is 7.90. The van der Waals surface area contributed by atoms with Crippen molar-refractivity contribution in [3.8, 4) is 0 Å². The zero-order valence-electron chi connectivity index (χ0n) is 14.7. The van der Waals surface area contributed by atoms with Crippen LogP contribution >= 0.6 is 0 Å². The number of nitrogens with zero attached hydrogens (tertiary/aromatic N) is 2. The highest BCUT2D eigenvalue weighted by Crippen LogP contribution is 2.23. The lowest BCUT2D eigenvalue weighted by atomic mass is 10.1. The molecule has 3 aromatic rings. The molecule has 0 unspecified atom stereocenters. The van der Waals surface area contributed by atoms with Crippen molar-refractivity contribution in [3.05, 3.63) is 65.0 Å². The number of benzene rings is 1. The molecule has 2 heterocycles. The summed E-state index contributed by atoms with van der Waals surface area (Å²) in [6.45, 7) is 1.96. The Kier molecular flexibility index (Phi) is 4.73. The third-order valence-electron chi connectivity index (χ3n) is 3.97. The van der Waals surface area contributed by atoms with Crippen molar-refractivity contribution >= 4 is 26.7 Å². The number of hydrogen-bond acceptors (Lipinski definition) is 6. The minimum atomic E-state index is -3.52. The fraction of sp³-hybridized carbons (Fsp3) is 0.211. The molecule has 0 saturated carbocycles. The maximum absolute atomic E-state index is 12.2. The van der Waals surface area contributed by atoms with E-state index in [4.69, 9.17) is 4.74 Å². The van der Waals surface area contributed by atoms with Gasteiger partial charge in [0.2, 0.25) is 0 Å². The van der Waals surface area contributed by atoms with Gasteiger partial charge in [0.15, 0.2) is 14.9 Å². The number of fused-ring (bicyclic) bond motifs is 1. The summed E-state index contributed by atoms with van der Waals surface area (Å²) in [4.78, 5) is 20.3. The van der Waals surface area contributed by atoms with Gasteiger partial charge in [-0.05, 0) is 42.8 Å². The second kappa shape index (κ2) is 6.84. The maximum atomic E-state index is 12.2. The van der Waals surface area contributed by atoms with Crippen molar-refractivity contribution < 1.29 is 17.9 Å². The van der Waals surface area contributed by atoms with Gasteiger partial charge in [-0.25, -0.2) is 18.2 Å². The van der Waals surface area contributed by atoms with Gasteiger partial charge in [-0.3, -0.25) is 4.98 Å². The van der Waals surface area contributed by atoms with Crippen molar-refractivity contribution in [1.82, 2.24) is 9.97 Å². The number of aromatic nitrogens is 2. The Morgan fingerprint density at radius 1 is 1.15 bits per heavy atom. The summed E-state index contributed by atoms with van der Waals surface area (Å²) in [6, 6.07) is 10.6. The number of hydrogen-bond donors (Lipinski definition) is 0. The zero-order valence-corrected chi connectivity index (χ0v) is 15.5. The van der Waals surface area contributed by atoms with Crippen LogP contribution in [-0.2, 0) is 21.0 Å². The van der Waals surface area contributed by atoms with Crippen molar-refractivity contribution in [2.24, 2.45) is 0 Å². The second-order valence-electron chi connectivity index (χ2n) is 6.13. The number of carbonyl (C=O) groups excluding carboxylic acids is 1.